The molecule has 0 aliphatic carbocycles. The maximum atomic E-state index is 13.1. The quantitative estimate of drug-likeness (QED) is 0.664. The van der Waals surface area contributed by atoms with E-state index in [1.165, 1.54) is 6.07 Å². The summed E-state index contributed by atoms with van der Waals surface area (Å²) in [5, 5.41) is 0. The summed E-state index contributed by atoms with van der Waals surface area (Å²) >= 11 is 4.95. The molecule has 2 aromatic rings. The summed E-state index contributed by atoms with van der Waals surface area (Å²) in [5.74, 6) is -3.36. The molecule has 1 aromatic carbocycles. The fourth-order valence-corrected chi connectivity index (χ4v) is 1.77. The first-order valence-electron chi connectivity index (χ1n) is 5.26. The topological polar surface area (TPSA) is 28.7 Å². The van der Waals surface area contributed by atoms with E-state index in [1.807, 2.05) is 6.92 Å². The smallest absolute Gasteiger partial charge is 0.194 e. The zero-order valence-electron chi connectivity index (χ0n) is 9.43. The highest BCUT2D eigenvalue weighted by Crippen LogP contribution is 2.22. The second-order valence-electron chi connectivity index (χ2n) is 3.69. The van der Waals surface area contributed by atoms with Gasteiger partial charge in [-0.1, -0.05) is 19.1 Å². The molecule has 0 spiro atoms. The molecule has 2 nitrogen and oxygen atoms in total. The zero-order valence-corrected chi connectivity index (χ0v) is 10.2. The SMILES string of the molecule is CCc1nc(=S)cc(-c2cc(F)c(F)c(F)c2)[nH]1. The van der Waals surface area contributed by atoms with Crippen molar-refractivity contribution < 1.29 is 13.2 Å². The van der Waals surface area contributed by atoms with Crippen LogP contribution in [-0.4, -0.2) is 9.97 Å². The van der Waals surface area contributed by atoms with E-state index in [0.29, 0.717) is 22.6 Å². The number of benzene rings is 1. The maximum absolute atomic E-state index is 13.1. The summed E-state index contributed by atoms with van der Waals surface area (Å²) in [4.78, 5) is 6.93. The lowest BCUT2D eigenvalue weighted by molar-refractivity contribution is 0.447. The van der Waals surface area contributed by atoms with Gasteiger partial charge in [-0.25, -0.2) is 18.2 Å². The highest BCUT2D eigenvalue weighted by atomic mass is 32.1. The number of rotatable bonds is 2. The average molecular weight is 270 g/mol. The van der Waals surface area contributed by atoms with Gasteiger partial charge in [0.15, 0.2) is 17.5 Å². The Morgan fingerprint density at radius 1 is 1.17 bits per heavy atom. The van der Waals surface area contributed by atoms with Gasteiger partial charge in [0.2, 0.25) is 0 Å². The first kappa shape index (κ1) is 12.8. The third-order valence-electron chi connectivity index (χ3n) is 2.42. The van der Waals surface area contributed by atoms with Crippen molar-refractivity contribution in [2.45, 2.75) is 13.3 Å². The van der Waals surface area contributed by atoms with Crippen LogP contribution >= 0.6 is 12.2 Å². The molecule has 0 amide bonds. The van der Waals surface area contributed by atoms with Gasteiger partial charge in [-0.05, 0) is 18.2 Å². The Morgan fingerprint density at radius 2 is 1.78 bits per heavy atom. The molecule has 0 radical (unpaired) electrons. The minimum atomic E-state index is -1.48. The molecular formula is C12H9F3N2S. The summed E-state index contributed by atoms with van der Waals surface area (Å²) in [6, 6.07) is 3.30. The first-order valence-corrected chi connectivity index (χ1v) is 5.67. The van der Waals surface area contributed by atoms with E-state index in [-0.39, 0.29) is 5.56 Å². The molecular weight excluding hydrogens is 261 g/mol. The number of aryl methyl sites for hydroxylation is 1. The molecule has 2 rings (SSSR count). The molecule has 0 unspecified atom stereocenters. The van der Waals surface area contributed by atoms with E-state index in [9.17, 15) is 13.2 Å². The number of hydrogen-bond donors (Lipinski definition) is 1. The Hall–Kier alpha value is -1.69. The standard InChI is InChI=1S/C12H9F3N2S/c1-2-10-16-9(5-11(18)17-10)6-3-7(13)12(15)8(14)4-6/h3-5H,2H2,1H3,(H,16,17,18). The predicted octanol–water partition coefficient (Wildman–Crippen LogP) is 3.79. The van der Waals surface area contributed by atoms with Crippen LogP contribution in [0.25, 0.3) is 11.3 Å². The van der Waals surface area contributed by atoms with Gasteiger partial charge >= 0.3 is 0 Å². The Labute approximate surface area is 107 Å². The lowest BCUT2D eigenvalue weighted by Crippen LogP contribution is -1.97. The summed E-state index contributed by atoms with van der Waals surface area (Å²) in [6.07, 6.45) is 0.601. The van der Waals surface area contributed by atoms with Crippen molar-refractivity contribution in [3.8, 4) is 11.3 Å². The molecule has 1 heterocycles. The fourth-order valence-electron chi connectivity index (χ4n) is 1.54. The van der Waals surface area contributed by atoms with E-state index >= 15 is 0 Å². The highest BCUT2D eigenvalue weighted by molar-refractivity contribution is 7.71. The number of aromatic nitrogens is 2. The third-order valence-corrected chi connectivity index (χ3v) is 2.63. The molecule has 18 heavy (non-hydrogen) atoms. The van der Waals surface area contributed by atoms with Crippen molar-refractivity contribution in [3.63, 3.8) is 0 Å². The Morgan fingerprint density at radius 3 is 2.33 bits per heavy atom. The van der Waals surface area contributed by atoms with Crippen LogP contribution in [0.1, 0.15) is 12.7 Å². The van der Waals surface area contributed by atoms with E-state index in [0.717, 1.165) is 12.1 Å². The van der Waals surface area contributed by atoms with Crippen LogP contribution in [0, 0.1) is 22.1 Å². The van der Waals surface area contributed by atoms with Crippen molar-refractivity contribution in [2.24, 2.45) is 0 Å². The molecule has 0 bridgehead atoms. The second kappa shape index (κ2) is 4.89. The molecule has 0 saturated heterocycles. The predicted molar refractivity (Wildman–Crippen MR) is 64.1 cm³/mol. The van der Waals surface area contributed by atoms with Gasteiger partial charge in [-0.15, -0.1) is 0 Å². The molecule has 0 aliphatic heterocycles. The van der Waals surface area contributed by atoms with Crippen molar-refractivity contribution in [1.29, 1.82) is 0 Å². The summed E-state index contributed by atoms with van der Waals surface area (Å²) in [5.41, 5.74) is 0.597. The second-order valence-corrected chi connectivity index (χ2v) is 4.11. The van der Waals surface area contributed by atoms with Gasteiger partial charge in [0.05, 0.1) is 0 Å². The van der Waals surface area contributed by atoms with Crippen LogP contribution in [0.4, 0.5) is 13.2 Å². The van der Waals surface area contributed by atoms with Crippen LogP contribution in [-0.2, 0) is 6.42 Å². The Kier molecular flexibility index (Phi) is 3.47. The van der Waals surface area contributed by atoms with Crippen molar-refractivity contribution in [2.75, 3.05) is 0 Å². The van der Waals surface area contributed by atoms with Crippen molar-refractivity contribution in [1.82, 2.24) is 9.97 Å². The van der Waals surface area contributed by atoms with E-state index < -0.39 is 17.5 Å². The monoisotopic (exact) mass is 270 g/mol. The molecule has 0 saturated carbocycles. The summed E-state index contributed by atoms with van der Waals surface area (Å²) < 4.78 is 39.4. The Balaban J connectivity index is 2.62. The molecule has 0 fully saturated rings. The van der Waals surface area contributed by atoms with Gasteiger partial charge in [-0.3, -0.25) is 0 Å². The van der Waals surface area contributed by atoms with Gasteiger partial charge in [-0.2, -0.15) is 0 Å². The minimum Gasteiger partial charge on any atom is -0.343 e. The molecule has 0 atom stereocenters. The minimum absolute atomic E-state index is 0.189. The highest BCUT2D eigenvalue weighted by Gasteiger charge is 2.12. The lowest BCUT2D eigenvalue weighted by atomic mass is 10.1. The lowest BCUT2D eigenvalue weighted by Gasteiger charge is -2.06. The number of H-pyrrole nitrogens is 1. The number of nitrogens with one attached hydrogen (secondary N) is 1. The first-order chi connectivity index (χ1) is 8.51. The van der Waals surface area contributed by atoms with Crippen LogP contribution < -0.4 is 0 Å². The Bertz CT molecular complexity index is 629. The number of aromatic amines is 1. The molecule has 6 heteroatoms. The molecule has 94 valence electrons. The average Bonchev–Trinajstić information content (AvgIpc) is 2.34. The van der Waals surface area contributed by atoms with Crippen molar-refractivity contribution >= 4 is 12.2 Å². The van der Waals surface area contributed by atoms with Crippen LogP contribution in [0.5, 0.6) is 0 Å². The largest absolute Gasteiger partial charge is 0.343 e. The number of halogens is 3. The normalized spacial score (nSPS) is 10.7. The summed E-state index contributed by atoms with van der Waals surface area (Å²) in [6.45, 7) is 1.86. The van der Waals surface area contributed by atoms with Crippen LogP contribution in [0.15, 0.2) is 18.2 Å². The van der Waals surface area contributed by atoms with E-state index in [4.69, 9.17) is 12.2 Å². The van der Waals surface area contributed by atoms with Gasteiger partial charge < -0.3 is 4.98 Å². The number of nitrogens with zero attached hydrogens (tertiary/aromatic N) is 1. The van der Waals surface area contributed by atoms with Crippen LogP contribution in [0.2, 0.25) is 0 Å². The third kappa shape index (κ3) is 2.43. The molecule has 0 aliphatic rings. The van der Waals surface area contributed by atoms with E-state index in [2.05, 4.69) is 9.97 Å². The van der Waals surface area contributed by atoms with Crippen LogP contribution in [0.3, 0.4) is 0 Å². The van der Waals surface area contributed by atoms with Gasteiger partial charge in [0, 0.05) is 17.7 Å². The summed E-state index contributed by atoms with van der Waals surface area (Å²) in [7, 11) is 0. The van der Waals surface area contributed by atoms with Gasteiger partial charge in [0.25, 0.3) is 0 Å². The zero-order chi connectivity index (χ0) is 13.3. The molecule has 1 aromatic heterocycles. The fraction of sp³-hybridized carbons (Fsp3) is 0.167. The maximum Gasteiger partial charge on any atom is 0.194 e. The number of hydrogen-bond acceptors (Lipinski definition) is 2. The van der Waals surface area contributed by atoms with Gasteiger partial charge in [0.1, 0.15) is 10.5 Å². The molecule has 1 N–H and O–H groups in total. The van der Waals surface area contributed by atoms with E-state index in [1.54, 1.807) is 0 Å². The van der Waals surface area contributed by atoms with Crippen molar-refractivity contribution in [3.05, 3.63) is 46.1 Å².